The van der Waals surface area contributed by atoms with E-state index in [0.29, 0.717) is 28.2 Å². The summed E-state index contributed by atoms with van der Waals surface area (Å²) in [6.45, 7) is 4.05. The summed E-state index contributed by atoms with van der Waals surface area (Å²) >= 11 is 0. The van der Waals surface area contributed by atoms with Crippen molar-refractivity contribution >= 4 is 28.9 Å². The average Bonchev–Trinajstić information content (AvgIpc) is 2.76. The molecule has 1 amide bonds. The number of esters is 1. The number of nitrogens with zero attached hydrogens (tertiary/aromatic N) is 1. The van der Waals surface area contributed by atoms with E-state index >= 15 is 0 Å². The van der Waals surface area contributed by atoms with Crippen LogP contribution in [-0.2, 0) is 4.74 Å². The van der Waals surface area contributed by atoms with Gasteiger partial charge < -0.3 is 20.7 Å². The molecule has 1 heterocycles. The first-order valence-electron chi connectivity index (χ1n) is 9.81. The molecule has 8 heteroatoms. The van der Waals surface area contributed by atoms with Crippen molar-refractivity contribution in [2.45, 2.75) is 32.6 Å². The van der Waals surface area contributed by atoms with E-state index in [4.69, 9.17) is 5.73 Å². The van der Waals surface area contributed by atoms with Gasteiger partial charge in [-0.3, -0.25) is 4.79 Å². The van der Waals surface area contributed by atoms with Crippen molar-refractivity contribution in [1.82, 2.24) is 4.90 Å². The largest absolute Gasteiger partial charge is 0.465 e. The summed E-state index contributed by atoms with van der Waals surface area (Å²) in [5.41, 5.74) is 8.48. The number of nitrogens with one attached hydrogen (secondary N) is 1. The van der Waals surface area contributed by atoms with Crippen molar-refractivity contribution in [1.29, 1.82) is 0 Å². The van der Waals surface area contributed by atoms with E-state index in [0.717, 1.165) is 0 Å². The predicted octanol–water partition coefficient (Wildman–Crippen LogP) is 4.70. The lowest BCUT2D eigenvalue weighted by Gasteiger charge is -2.31. The van der Waals surface area contributed by atoms with Crippen molar-refractivity contribution in [2.75, 3.05) is 31.2 Å². The van der Waals surface area contributed by atoms with Crippen LogP contribution in [0, 0.1) is 0 Å². The molecule has 1 saturated heterocycles. The number of nitrogen functional groups attached to an aromatic ring is 1. The van der Waals surface area contributed by atoms with Gasteiger partial charge >= 0.3 is 5.97 Å². The van der Waals surface area contributed by atoms with E-state index < -0.39 is 11.9 Å². The first-order valence-corrected chi connectivity index (χ1v) is 9.81. The van der Waals surface area contributed by atoms with Gasteiger partial charge in [-0.15, -0.1) is 0 Å². The summed E-state index contributed by atoms with van der Waals surface area (Å²) in [6.07, 6.45) is -0.648. The molecule has 1 aliphatic heterocycles. The molecule has 0 spiro atoms. The zero-order chi connectivity index (χ0) is 22.3. The number of alkyl halides is 2. The van der Waals surface area contributed by atoms with Crippen molar-refractivity contribution in [3.63, 3.8) is 0 Å². The number of nitrogens with two attached hydrogens (primary N) is 1. The number of ether oxygens (including phenoxy) is 1. The zero-order valence-corrected chi connectivity index (χ0v) is 17.4. The second-order valence-electron chi connectivity index (χ2n) is 6.64. The number of carbonyl (C=O) groups excluding carboxylic acids is 2. The first-order chi connectivity index (χ1) is 14.3. The number of hydrogen-bond acceptors (Lipinski definition) is 5. The van der Waals surface area contributed by atoms with Crippen LogP contribution in [0.1, 0.15) is 47.4 Å². The highest BCUT2D eigenvalue weighted by Gasteiger charge is 2.35. The second kappa shape index (κ2) is 10.0. The number of rotatable bonds is 4. The maximum absolute atomic E-state index is 13.3. The number of piperidine rings is 1. The zero-order valence-electron chi connectivity index (χ0n) is 17.4. The summed E-state index contributed by atoms with van der Waals surface area (Å²) in [5.74, 6) is -3.44. The van der Waals surface area contributed by atoms with Crippen LogP contribution in [0.25, 0.3) is 0 Å². The highest BCUT2D eigenvalue weighted by Crippen LogP contribution is 2.29. The third-order valence-corrected chi connectivity index (χ3v) is 4.67. The van der Waals surface area contributed by atoms with Crippen molar-refractivity contribution in [3.8, 4) is 0 Å². The van der Waals surface area contributed by atoms with Gasteiger partial charge in [-0.05, 0) is 42.5 Å². The molecule has 0 aliphatic carbocycles. The minimum atomic E-state index is -2.70. The molecule has 6 nitrogen and oxygen atoms in total. The van der Waals surface area contributed by atoms with Crippen LogP contribution < -0.4 is 11.1 Å². The number of halogens is 2. The molecule has 0 atom stereocenters. The Morgan fingerprint density at radius 3 is 2.13 bits per heavy atom. The van der Waals surface area contributed by atoms with Gasteiger partial charge in [-0.2, -0.15) is 0 Å². The normalized spacial score (nSPS) is 14.9. The molecule has 162 valence electrons. The highest BCUT2D eigenvalue weighted by atomic mass is 19.3. The summed E-state index contributed by atoms with van der Waals surface area (Å²) in [6, 6.07) is 11.5. The molecule has 0 bridgehead atoms. The number of methoxy groups -OCH3 is 1. The molecule has 30 heavy (non-hydrogen) atoms. The monoisotopic (exact) mass is 419 g/mol. The first kappa shape index (κ1) is 23.1. The fourth-order valence-corrected chi connectivity index (χ4v) is 2.99. The van der Waals surface area contributed by atoms with E-state index in [1.54, 1.807) is 36.4 Å². The van der Waals surface area contributed by atoms with Crippen molar-refractivity contribution in [3.05, 3.63) is 53.6 Å². The van der Waals surface area contributed by atoms with Crippen LogP contribution in [0.15, 0.2) is 42.5 Å². The lowest BCUT2D eigenvalue weighted by Crippen LogP contribution is -2.42. The van der Waals surface area contributed by atoms with Gasteiger partial charge in [0.15, 0.2) is 0 Å². The molecule has 1 aliphatic rings. The maximum atomic E-state index is 13.3. The topological polar surface area (TPSA) is 84.7 Å². The molecule has 1 fully saturated rings. The molecule has 2 aromatic carbocycles. The summed E-state index contributed by atoms with van der Waals surface area (Å²) in [7, 11) is 1.31. The smallest absolute Gasteiger partial charge is 0.337 e. The van der Waals surface area contributed by atoms with Crippen LogP contribution >= 0.6 is 0 Å². The molecule has 0 aromatic heterocycles. The van der Waals surface area contributed by atoms with Gasteiger partial charge in [0.1, 0.15) is 0 Å². The van der Waals surface area contributed by atoms with Gasteiger partial charge in [0.25, 0.3) is 11.8 Å². The van der Waals surface area contributed by atoms with E-state index in [1.807, 2.05) is 13.8 Å². The van der Waals surface area contributed by atoms with E-state index in [-0.39, 0.29) is 31.8 Å². The van der Waals surface area contributed by atoms with E-state index in [9.17, 15) is 18.4 Å². The minimum Gasteiger partial charge on any atom is -0.465 e. The second-order valence-corrected chi connectivity index (χ2v) is 6.64. The Morgan fingerprint density at radius 1 is 1.03 bits per heavy atom. The SMILES string of the molecule is CC.COC(=O)c1ccc(Nc2ccc(C(=O)N3CCC(F)(F)CC3)cc2N)cc1. The summed E-state index contributed by atoms with van der Waals surface area (Å²) < 4.78 is 31.2. The highest BCUT2D eigenvalue weighted by molar-refractivity contribution is 5.96. The van der Waals surface area contributed by atoms with E-state index in [1.165, 1.54) is 18.1 Å². The Hall–Kier alpha value is -3.16. The molecule has 3 rings (SSSR count). The average molecular weight is 419 g/mol. The van der Waals surface area contributed by atoms with Crippen LogP contribution in [0.4, 0.5) is 25.8 Å². The number of benzene rings is 2. The third kappa shape index (κ3) is 5.68. The minimum absolute atomic E-state index is 0.0261. The Labute approximate surface area is 175 Å². The number of amides is 1. The number of anilines is 3. The lowest BCUT2D eigenvalue weighted by atomic mass is 10.0. The third-order valence-electron chi connectivity index (χ3n) is 4.67. The molecule has 3 N–H and O–H groups in total. The Morgan fingerprint density at radius 2 is 1.60 bits per heavy atom. The van der Waals surface area contributed by atoms with Gasteiger partial charge in [0.05, 0.1) is 24.0 Å². The molecule has 0 unspecified atom stereocenters. The quantitative estimate of drug-likeness (QED) is 0.554. The maximum Gasteiger partial charge on any atom is 0.337 e. The standard InChI is InChI=1S/C20H21F2N3O3.C2H6/c1-28-19(27)13-2-5-15(6-3-13)24-17-7-4-14(12-16(17)23)18(26)25-10-8-20(21,22)9-11-25;1-2/h2-7,12,24H,8-11,23H2,1H3;1-2H3. The van der Waals surface area contributed by atoms with Gasteiger partial charge in [0.2, 0.25) is 0 Å². The molecular weight excluding hydrogens is 392 g/mol. The molecule has 0 radical (unpaired) electrons. The molecular formula is C22H27F2N3O3. The van der Waals surface area contributed by atoms with Crippen molar-refractivity contribution in [2.24, 2.45) is 0 Å². The summed E-state index contributed by atoms with van der Waals surface area (Å²) in [5, 5.41) is 3.11. The number of carbonyl (C=O) groups is 2. The Bertz CT molecular complexity index is 876. The summed E-state index contributed by atoms with van der Waals surface area (Å²) in [4.78, 5) is 25.4. The number of likely N-dealkylation sites (tertiary alicyclic amines) is 1. The Balaban J connectivity index is 0.00000155. The van der Waals surface area contributed by atoms with Gasteiger partial charge in [0, 0.05) is 37.2 Å². The van der Waals surface area contributed by atoms with Crippen LogP contribution in [0.3, 0.4) is 0 Å². The fourth-order valence-electron chi connectivity index (χ4n) is 2.99. The van der Waals surface area contributed by atoms with Crippen LogP contribution in [0.5, 0.6) is 0 Å². The van der Waals surface area contributed by atoms with Crippen LogP contribution in [0.2, 0.25) is 0 Å². The fraction of sp³-hybridized carbons (Fsp3) is 0.364. The van der Waals surface area contributed by atoms with Crippen LogP contribution in [-0.4, -0.2) is 42.9 Å². The number of hydrogen-bond donors (Lipinski definition) is 2. The Kier molecular flexibility index (Phi) is 7.74. The van der Waals surface area contributed by atoms with Gasteiger partial charge in [-0.25, -0.2) is 13.6 Å². The molecule has 2 aromatic rings. The predicted molar refractivity (Wildman–Crippen MR) is 113 cm³/mol. The van der Waals surface area contributed by atoms with Crippen molar-refractivity contribution < 1.29 is 23.1 Å². The van der Waals surface area contributed by atoms with E-state index in [2.05, 4.69) is 10.1 Å². The lowest BCUT2D eigenvalue weighted by molar-refractivity contribution is -0.0494. The van der Waals surface area contributed by atoms with Gasteiger partial charge in [-0.1, -0.05) is 13.8 Å². The molecule has 0 saturated carbocycles.